The third-order valence-electron chi connectivity index (χ3n) is 3.21. The highest BCUT2D eigenvalue weighted by Gasteiger charge is 2.07. The highest BCUT2D eigenvalue weighted by atomic mass is 16.5. The third kappa shape index (κ3) is 4.58. The molecule has 2 rings (SSSR count). The van der Waals surface area contributed by atoms with Crippen LogP contribution in [0.25, 0.3) is 0 Å². The number of ether oxygens (including phenoxy) is 1. The summed E-state index contributed by atoms with van der Waals surface area (Å²) in [4.78, 5) is 15.8. The maximum Gasteiger partial charge on any atom is 0.222 e. The number of nitrogens with zero attached hydrogens (tertiary/aromatic N) is 1. The van der Waals surface area contributed by atoms with Crippen LogP contribution in [0.5, 0.6) is 11.6 Å². The molecule has 2 aromatic rings. The van der Waals surface area contributed by atoms with Crippen LogP contribution in [0.1, 0.15) is 30.5 Å². The number of aromatic nitrogens is 1. The van der Waals surface area contributed by atoms with Gasteiger partial charge in [0.2, 0.25) is 11.8 Å². The predicted molar refractivity (Wildman–Crippen MR) is 86.9 cm³/mol. The lowest BCUT2D eigenvalue weighted by Crippen LogP contribution is -2.27. The molecule has 0 fully saturated rings. The Balaban J connectivity index is 2.06. The highest BCUT2D eigenvalue weighted by Crippen LogP contribution is 2.22. The van der Waals surface area contributed by atoms with Gasteiger partial charge in [0.05, 0.1) is 0 Å². The van der Waals surface area contributed by atoms with Crippen molar-refractivity contribution in [2.75, 3.05) is 0 Å². The fourth-order valence-electron chi connectivity index (χ4n) is 2.12. The number of rotatable bonds is 5. The van der Waals surface area contributed by atoms with Crippen LogP contribution in [0.15, 0.2) is 36.5 Å². The van der Waals surface area contributed by atoms with Gasteiger partial charge in [0.15, 0.2) is 0 Å². The van der Waals surface area contributed by atoms with Crippen LogP contribution < -0.4 is 10.1 Å². The first kappa shape index (κ1) is 16.0. The lowest BCUT2D eigenvalue weighted by Gasteiger charge is -2.10. The number of amides is 1. The summed E-state index contributed by atoms with van der Waals surface area (Å²) in [6.07, 6.45) is 1.69. The number of benzene rings is 1. The molecule has 0 unspecified atom stereocenters. The zero-order valence-corrected chi connectivity index (χ0v) is 13.5. The molecule has 0 radical (unpaired) electrons. The molecule has 0 atom stereocenters. The number of carbonyl (C=O) groups excluding carboxylic acids is 1. The second-order valence-electron chi connectivity index (χ2n) is 5.80. The molecule has 0 saturated heterocycles. The summed E-state index contributed by atoms with van der Waals surface area (Å²) in [6, 6.07) is 9.76. The Morgan fingerprint density at radius 2 is 1.86 bits per heavy atom. The lowest BCUT2D eigenvalue weighted by molar-refractivity contribution is -0.124. The zero-order chi connectivity index (χ0) is 16.1. The van der Waals surface area contributed by atoms with Crippen molar-refractivity contribution in [3.05, 3.63) is 53.2 Å². The predicted octanol–water partition coefficient (Wildman–Crippen LogP) is 3.76. The average molecular weight is 298 g/mol. The molecule has 0 aliphatic heterocycles. The van der Waals surface area contributed by atoms with Crippen LogP contribution in [-0.4, -0.2) is 10.9 Å². The molecule has 0 aliphatic rings. The van der Waals surface area contributed by atoms with E-state index in [1.807, 2.05) is 52.0 Å². The van der Waals surface area contributed by atoms with Gasteiger partial charge in [-0.2, -0.15) is 0 Å². The molecular formula is C18H22N2O2. The van der Waals surface area contributed by atoms with Gasteiger partial charge in [0, 0.05) is 24.7 Å². The Hall–Kier alpha value is -2.36. The molecule has 0 bridgehead atoms. The van der Waals surface area contributed by atoms with Gasteiger partial charge >= 0.3 is 0 Å². The first-order valence-corrected chi connectivity index (χ1v) is 7.43. The van der Waals surface area contributed by atoms with Crippen molar-refractivity contribution in [3.8, 4) is 11.6 Å². The monoisotopic (exact) mass is 298 g/mol. The van der Waals surface area contributed by atoms with Crippen LogP contribution in [0.3, 0.4) is 0 Å². The molecule has 1 N–H and O–H groups in total. The first-order chi connectivity index (χ1) is 10.4. The van der Waals surface area contributed by atoms with Crippen LogP contribution in [-0.2, 0) is 11.3 Å². The molecule has 1 aromatic carbocycles. The molecule has 1 aromatic heterocycles. The van der Waals surface area contributed by atoms with Crippen molar-refractivity contribution in [3.63, 3.8) is 0 Å². The van der Waals surface area contributed by atoms with E-state index in [9.17, 15) is 4.79 Å². The topological polar surface area (TPSA) is 51.2 Å². The van der Waals surface area contributed by atoms with E-state index < -0.39 is 0 Å². The Kier molecular flexibility index (Phi) is 5.15. The first-order valence-electron chi connectivity index (χ1n) is 7.43. The normalized spacial score (nSPS) is 10.6. The third-order valence-corrected chi connectivity index (χ3v) is 3.21. The van der Waals surface area contributed by atoms with E-state index in [1.165, 1.54) is 0 Å². The highest BCUT2D eigenvalue weighted by molar-refractivity contribution is 5.77. The smallest absolute Gasteiger partial charge is 0.222 e. The number of aryl methyl sites for hydroxylation is 2. The number of pyridine rings is 1. The van der Waals surface area contributed by atoms with Crippen molar-refractivity contribution in [2.45, 2.75) is 34.2 Å². The summed E-state index contributed by atoms with van der Waals surface area (Å²) >= 11 is 0. The van der Waals surface area contributed by atoms with Gasteiger partial charge in [-0.15, -0.1) is 0 Å². The summed E-state index contributed by atoms with van der Waals surface area (Å²) in [5.74, 6) is 1.32. The van der Waals surface area contributed by atoms with E-state index in [-0.39, 0.29) is 11.8 Å². The molecule has 1 amide bonds. The summed E-state index contributed by atoms with van der Waals surface area (Å²) in [7, 11) is 0. The van der Waals surface area contributed by atoms with Crippen LogP contribution >= 0.6 is 0 Å². The molecular weight excluding hydrogens is 276 g/mol. The maximum absolute atomic E-state index is 11.6. The molecule has 4 nitrogen and oxygen atoms in total. The minimum Gasteiger partial charge on any atom is -0.439 e. The van der Waals surface area contributed by atoms with Crippen LogP contribution in [0.2, 0.25) is 0 Å². The SMILES string of the molecule is Cc1cc(C)cc(Oc2cc(CNC(=O)C(C)C)ccn2)c1. The van der Waals surface area contributed by atoms with Gasteiger partial charge < -0.3 is 10.1 Å². The van der Waals surface area contributed by atoms with Crippen molar-refractivity contribution in [2.24, 2.45) is 5.92 Å². The molecule has 0 aliphatic carbocycles. The Morgan fingerprint density at radius 3 is 2.50 bits per heavy atom. The second kappa shape index (κ2) is 7.07. The fraction of sp³-hybridized carbons (Fsp3) is 0.333. The van der Waals surface area contributed by atoms with Crippen molar-refractivity contribution in [1.29, 1.82) is 0 Å². The summed E-state index contributed by atoms with van der Waals surface area (Å²) in [6.45, 7) is 8.28. The van der Waals surface area contributed by atoms with Crippen LogP contribution in [0.4, 0.5) is 0 Å². The van der Waals surface area contributed by atoms with Gasteiger partial charge in [-0.3, -0.25) is 4.79 Å². The van der Waals surface area contributed by atoms with E-state index in [0.717, 1.165) is 22.4 Å². The molecule has 0 saturated carbocycles. The van der Waals surface area contributed by atoms with Gasteiger partial charge in [-0.25, -0.2) is 4.98 Å². The minimum absolute atomic E-state index is 0.0205. The van der Waals surface area contributed by atoms with Crippen molar-refractivity contribution in [1.82, 2.24) is 10.3 Å². The Labute approximate surface area is 131 Å². The molecule has 0 spiro atoms. The van der Waals surface area contributed by atoms with E-state index in [2.05, 4.69) is 16.4 Å². The van der Waals surface area contributed by atoms with Gasteiger partial charge in [0.25, 0.3) is 0 Å². The summed E-state index contributed by atoms with van der Waals surface area (Å²) < 4.78 is 5.81. The van der Waals surface area contributed by atoms with Crippen molar-refractivity contribution < 1.29 is 9.53 Å². The number of carbonyl (C=O) groups is 1. The summed E-state index contributed by atoms with van der Waals surface area (Å²) in [5, 5.41) is 2.89. The maximum atomic E-state index is 11.6. The van der Waals surface area contributed by atoms with Crippen molar-refractivity contribution >= 4 is 5.91 Å². The van der Waals surface area contributed by atoms with E-state index in [4.69, 9.17) is 4.74 Å². The van der Waals surface area contributed by atoms with E-state index >= 15 is 0 Å². The standard InChI is InChI=1S/C18H22N2O2/c1-12(2)18(21)20-11-15-5-6-19-17(10-15)22-16-8-13(3)7-14(4)9-16/h5-10,12H,11H2,1-4H3,(H,20,21). The quantitative estimate of drug-likeness (QED) is 0.914. The number of nitrogens with one attached hydrogen (secondary N) is 1. The molecule has 22 heavy (non-hydrogen) atoms. The zero-order valence-electron chi connectivity index (χ0n) is 13.5. The van der Waals surface area contributed by atoms with E-state index in [1.54, 1.807) is 6.20 Å². The lowest BCUT2D eigenvalue weighted by atomic mass is 10.1. The second-order valence-corrected chi connectivity index (χ2v) is 5.80. The largest absolute Gasteiger partial charge is 0.439 e. The van der Waals surface area contributed by atoms with E-state index in [0.29, 0.717) is 12.4 Å². The summed E-state index contributed by atoms with van der Waals surface area (Å²) in [5.41, 5.74) is 3.26. The van der Waals surface area contributed by atoms with Gasteiger partial charge in [-0.05, 0) is 48.7 Å². The minimum atomic E-state index is -0.0205. The van der Waals surface area contributed by atoms with Gasteiger partial charge in [-0.1, -0.05) is 19.9 Å². The number of hydrogen-bond acceptors (Lipinski definition) is 3. The molecule has 1 heterocycles. The number of hydrogen-bond donors (Lipinski definition) is 1. The molecule has 4 heteroatoms. The Bertz CT molecular complexity index is 646. The van der Waals surface area contributed by atoms with Gasteiger partial charge in [0.1, 0.15) is 5.75 Å². The molecule has 116 valence electrons. The Morgan fingerprint density at radius 1 is 1.18 bits per heavy atom. The average Bonchev–Trinajstić information content (AvgIpc) is 2.44. The van der Waals surface area contributed by atoms with Crippen LogP contribution in [0, 0.1) is 19.8 Å². The fourth-order valence-corrected chi connectivity index (χ4v) is 2.12.